The van der Waals surface area contributed by atoms with Crippen molar-refractivity contribution in [3.63, 3.8) is 0 Å². The number of aliphatic hydroxyl groups excluding tert-OH is 1. The second-order valence-electron chi connectivity index (χ2n) is 6.49. The van der Waals surface area contributed by atoms with Gasteiger partial charge in [0.2, 0.25) is 0 Å². The third-order valence-corrected chi connectivity index (χ3v) is 4.53. The van der Waals surface area contributed by atoms with Crippen molar-refractivity contribution in [3.8, 4) is 11.1 Å². The zero-order valence-electron chi connectivity index (χ0n) is 14.5. The van der Waals surface area contributed by atoms with Crippen LogP contribution in [0.5, 0.6) is 0 Å². The maximum Gasteiger partial charge on any atom is 0.340 e. The first-order chi connectivity index (χ1) is 13.0. The Hall–Kier alpha value is -3.19. The molecule has 0 saturated carbocycles. The summed E-state index contributed by atoms with van der Waals surface area (Å²) in [6.45, 7) is -0.512. The number of nitrogens with zero attached hydrogens (tertiary/aromatic N) is 1. The summed E-state index contributed by atoms with van der Waals surface area (Å²) in [6.07, 6.45) is 0.499. The Morgan fingerprint density at radius 2 is 1.56 bits per heavy atom. The van der Waals surface area contributed by atoms with Crippen LogP contribution < -0.4 is 16.5 Å². The molecule has 1 aromatic heterocycles. The van der Waals surface area contributed by atoms with E-state index in [1.165, 1.54) is 0 Å². The molecule has 2 aromatic carbocycles. The van der Waals surface area contributed by atoms with E-state index in [0.717, 1.165) is 21.4 Å². The molecule has 0 aliphatic carbocycles. The summed E-state index contributed by atoms with van der Waals surface area (Å²) in [4.78, 5) is 33.7. The first-order valence-corrected chi connectivity index (χ1v) is 8.62. The van der Waals surface area contributed by atoms with Gasteiger partial charge in [0.1, 0.15) is 0 Å². The molecule has 0 radical (unpaired) electrons. The Morgan fingerprint density at radius 3 is 2.07 bits per heavy atom. The highest BCUT2D eigenvalue weighted by Gasteiger charge is 2.26. The number of aliphatic carboxylic acids is 1. The fourth-order valence-electron chi connectivity index (χ4n) is 2.96. The molecule has 2 atom stereocenters. The number of nitrogens with one attached hydrogen (secondary N) is 1. The van der Waals surface area contributed by atoms with Gasteiger partial charge in [-0.1, -0.05) is 54.6 Å². The smallest absolute Gasteiger partial charge is 0.340 e. The van der Waals surface area contributed by atoms with Gasteiger partial charge in [-0.15, -0.1) is 0 Å². The van der Waals surface area contributed by atoms with Crippen molar-refractivity contribution < 1.29 is 15.0 Å². The lowest BCUT2D eigenvalue weighted by atomic mass is 9.95. The molecule has 1 heterocycles. The van der Waals surface area contributed by atoms with Crippen molar-refractivity contribution in [2.24, 2.45) is 5.92 Å². The molecule has 0 amide bonds. The monoisotopic (exact) mass is 368 g/mol. The van der Waals surface area contributed by atoms with Crippen molar-refractivity contribution in [2.45, 2.75) is 18.9 Å². The number of carbonyl (C=O) groups is 1. The van der Waals surface area contributed by atoms with Crippen LogP contribution in [0.4, 0.5) is 0 Å². The van der Waals surface area contributed by atoms with Crippen LogP contribution in [0.3, 0.4) is 0 Å². The summed E-state index contributed by atoms with van der Waals surface area (Å²) in [5.41, 5.74) is 4.55. The van der Waals surface area contributed by atoms with Gasteiger partial charge in [-0.3, -0.25) is 14.4 Å². The Labute approximate surface area is 155 Å². The highest BCUT2D eigenvalue weighted by molar-refractivity contribution is 5.70. The van der Waals surface area contributed by atoms with E-state index in [4.69, 9.17) is 5.11 Å². The number of hydrogen-bond donors (Lipinski definition) is 3. The average Bonchev–Trinajstić information content (AvgIpc) is 3.25. The molecule has 3 N–H and O–H groups in total. The number of aliphatic hydroxyl groups is 1. The molecule has 7 nitrogen and oxygen atoms in total. The number of aromatic nitrogens is 1. The molecule has 3 aromatic rings. The summed E-state index contributed by atoms with van der Waals surface area (Å²) in [5.74, 6) is -2.09. The Balaban J connectivity index is 1.74. The maximum absolute atomic E-state index is 11.2. The van der Waals surface area contributed by atoms with Crippen LogP contribution >= 0.6 is 0 Å². The third kappa shape index (κ3) is 4.51. The third-order valence-electron chi connectivity index (χ3n) is 4.53. The minimum absolute atomic E-state index is 0.0866. The molecule has 0 bridgehead atoms. The van der Waals surface area contributed by atoms with Crippen LogP contribution in [0.25, 0.3) is 11.1 Å². The first kappa shape index (κ1) is 18.6. The molecular formula is C20H20N2O5. The van der Waals surface area contributed by atoms with Crippen molar-refractivity contribution in [1.82, 2.24) is 4.68 Å². The molecule has 27 heavy (non-hydrogen) atoms. The van der Waals surface area contributed by atoms with Crippen LogP contribution in [-0.4, -0.2) is 33.5 Å². The Kier molecular flexibility index (Phi) is 5.52. The van der Waals surface area contributed by atoms with Gasteiger partial charge in [0, 0.05) is 6.04 Å². The Bertz CT molecular complexity index is 946. The van der Waals surface area contributed by atoms with Gasteiger partial charge in [0.25, 0.3) is 0 Å². The highest BCUT2D eigenvalue weighted by atomic mass is 16.4. The quantitative estimate of drug-likeness (QED) is 0.486. The molecule has 0 aliphatic heterocycles. The largest absolute Gasteiger partial charge is 0.481 e. The second-order valence-corrected chi connectivity index (χ2v) is 6.49. The molecule has 0 spiro atoms. The average molecular weight is 368 g/mol. The van der Waals surface area contributed by atoms with Gasteiger partial charge in [0.15, 0.2) is 0 Å². The maximum atomic E-state index is 11.2. The van der Waals surface area contributed by atoms with Gasteiger partial charge in [-0.2, -0.15) is 4.68 Å². The van der Waals surface area contributed by atoms with Crippen molar-refractivity contribution in [1.29, 1.82) is 0 Å². The topological polar surface area (TPSA) is 109 Å². The van der Waals surface area contributed by atoms with Gasteiger partial charge in [0.05, 0.1) is 12.5 Å². The summed E-state index contributed by atoms with van der Waals surface area (Å²) >= 11 is 0. The van der Waals surface area contributed by atoms with Crippen LogP contribution in [0.1, 0.15) is 12.0 Å². The normalized spacial score (nSPS) is 13.4. The van der Waals surface area contributed by atoms with Crippen LogP contribution in [0.2, 0.25) is 0 Å². The summed E-state index contributed by atoms with van der Waals surface area (Å²) in [7, 11) is 0. The summed E-state index contributed by atoms with van der Waals surface area (Å²) < 4.78 is 0.874. The molecule has 0 aliphatic rings. The number of hydrogen-bond acceptors (Lipinski definition) is 5. The van der Waals surface area contributed by atoms with E-state index in [2.05, 4.69) is 5.43 Å². The van der Waals surface area contributed by atoms with Crippen molar-refractivity contribution >= 4 is 5.97 Å². The highest BCUT2D eigenvalue weighted by Crippen LogP contribution is 2.20. The van der Waals surface area contributed by atoms with Gasteiger partial charge in [-0.05, 0) is 29.5 Å². The molecule has 3 rings (SSSR count). The molecule has 0 unspecified atom stereocenters. The second kappa shape index (κ2) is 8.01. The number of rotatable bonds is 9. The fraction of sp³-hybridized carbons (Fsp3) is 0.250. The number of benzene rings is 2. The van der Waals surface area contributed by atoms with E-state index in [9.17, 15) is 19.5 Å². The van der Waals surface area contributed by atoms with Crippen LogP contribution in [0.15, 0.2) is 64.2 Å². The molecule has 0 saturated heterocycles. The summed E-state index contributed by atoms with van der Waals surface area (Å²) in [6, 6.07) is 17.2. The minimum atomic E-state index is -1.12. The lowest BCUT2D eigenvalue weighted by Crippen LogP contribution is -2.34. The zero-order valence-corrected chi connectivity index (χ0v) is 14.5. The van der Waals surface area contributed by atoms with E-state index < -0.39 is 35.7 Å². The van der Waals surface area contributed by atoms with E-state index in [-0.39, 0.29) is 6.42 Å². The standard InChI is InChI=1S/C20H20N2O5/c23-12-16(20(26)27)11-17(21-22-18(24)19(22)25)10-13-6-8-15(9-7-13)14-4-2-1-3-5-14/h1-9,16-17,21,23H,10-12H2,(H,26,27)/t16-,17+/m0/s1. The molecule has 140 valence electrons. The van der Waals surface area contributed by atoms with Crippen molar-refractivity contribution in [3.05, 3.63) is 80.9 Å². The van der Waals surface area contributed by atoms with Gasteiger partial charge < -0.3 is 15.6 Å². The summed E-state index contributed by atoms with van der Waals surface area (Å²) in [5, 5.41) is 18.4. The predicted molar refractivity (Wildman–Crippen MR) is 101 cm³/mol. The van der Waals surface area contributed by atoms with Crippen molar-refractivity contribution in [2.75, 3.05) is 12.0 Å². The number of carboxylic acid groups (broad SMARTS) is 1. The Morgan fingerprint density at radius 1 is 0.963 bits per heavy atom. The lowest BCUT2D eigenvalue weighted by molar-refractivity contribution is -0.143. The molecular weight excluding hydrogens is 348 g/mol. The van der Waals surface area contributed by atoms with Crippen LogP contribution in [-0.2, 0) is 11.2 Å². The number of carboxylic acids is 1. The van der Waals surface area contributed by atoms with E-state index in [0.29, 0.717) is 6.42 Å². The fourth-order valence-corrected chi connectivity index (χ4v) is 2.96. The molecule has 7 heteroatoms. The zero-order chi connectivity index (χ0) is 19.4. The van der Waals surface area contributed by atoms with Crippen LogP contribution in [0, 0.1) is 5.92 Å². The van der Waals surface area contributed by atoms with E-state index in [1.807, 2.05) is 54.6 Å². The van der Waals surface area contributed by atoms with Gasteiger partial charge >= 0.3 is 17.1 Å². The van der Waals surface area contributed by atoms with E-state index >= 15 is 0 Å². The first-order valence-electron chi connectivity index (χ1n) is 8.62. The minimum Gasteiger partial charge on any atom is -0.481 e. The lowest BCUT2D eigenvalue weighted by Gasteiger charge is -2.21. The van der Waals surface area contributed by atoms with E-state index in [1.54, 1.807) is 0 Å². The predicted octanol–water partition coefficient (Wildman–Crippen LogP) is 0.989. The van der Waals surface area contributed by atoms with Gasteiger partial charge in [-0.25, -0.2) is 0 Å². The molecule has 0 fully saturated rings. The SMILES string of the molecule is O=C(O)[C@H](CO)C[C@@H](Cc1ccc(-c2ccccc2)cc1)Nn1c(=O)c1=O.